The Bertz CT molecular complexity index is 970. The molecule has 6 nitrogen and oxygen atoms in total. The SMILES string of the molecule is Cc1ccc(C(=O)Nc2cc(S(=O)(=O)N3CCOCC3)ccc2C)cc1F. The highest BCUT2D eigenvalue weighted by molar-refractivity contribution is 7.89. The first kappa shape index (κ1) is 19.5. The Hall–Kier alpha value is -2.29. The molecule has 2 aromatic carbocycles. The van der Waals surface area contributed by atoms with Gasteiger partial charge in [0, 0.05) is 24.3 Å². The van der Waals surface area contributed by atoms with Gasteiger partial charge in [0.25, 0.3) is 5.91 Å². The predicted octanol–water partition coefficient (Wildman–Crippen LogP) is 2.72. The van der Waals surface area contributed by atoms with Gasteiger partial charge in [0.15, 0.2) is 0 Å². The van der Waals surface area contributed by atoms with Gasteiger partial charge in [-0.1, -0.05) is 12.1 Å². The van der Waals surface area contributed by atoms with Crippen LogP contribution in [-0.2, 0) is 14.8 Å². The molecule has 1 amide bonds. The molecule has 1 N–H and O–H groups in total. The Balaban J connectivity index is 1.87. The lowest BCUT2D eigenvalue weighted by atomic mass is 10.1. The first-order valence-electron chi connectivity index (χ1n) is 8.55. The highest BCUT2D eigenvalue weighted by Crippen LogP contribution is 2.24. The molecule has 8 heteroatoms. The van der Waals surface area contributed by atoms with E-state index in [-0.39, 0.29) is 10.5 Å². The molecule has 0 aromatic heterocycles. The van der Waals surface area contributed by atoms with Gasteiger partial charge in [0.1, 0.15) is 5.82 Å². The van der Waals surface area contributed by atoms with Gasteiger partial charge in [-0.2, -0.15) is 4.31 Å². The van der Waals surface area contributed by atoms with E-state index in [0.29, 0.717) is 43.1 Å². The monoisotopic (exact) mass is 392 g/mol. The zero-order chi connectivity index (χ0) is 19.6. The molecule has 0 spiro atoms. The molecule has 0 aliphatic carbocycles. The number of anilines is 1. The molecule has 0 atom stereocenters. The Morgan fingerprint density at radius 2 is 1.74 bits per heavy atom. The molecule has 0 radical (unpaired) electrons. The normalized spacial score (nSPS) is 15.5. The van der Waals surface area contributed by atoms with Crippen molar-refractivity contribution in [2.45, 2.75) is 18.7 Å². The van der Waals surface area contributed by atoms with Crippen molar-refractivity contribution in [3.63, 3.8) is 0 Å². The molecule has 1 heterocycles. The average Bonchev–Trinajstić information content (AvgIpc) is 2.66. The van der Waals surface area contributed by atoms with Gasteiger partial charge in [-0.15, -0.1) is 0 Å². The van der Waals surface area contributed by atoms with Crippen LogP contribution in [0.5, 0.6) is 0 Å². The maximum Gasteiger partial charge on any atom is 0.255 e. The summed E-state index contributed by atoms with van der Waals surface area (Å²) in [5, 5.41) is 2.68. The number of rotatable bonds is 4. The van der Waals surface area contributed by atoms with Crippen molar-refractivity contribution in [2.75, 3.05) is 31.6 Å². The van der Waals surface area contributed by atoms with Crippen LogP contribution in [-0.4, -0.2) is 44.9 Å². The van der Waals surface area contributed by atoms with E-state index in [1.54, 1.807) is 19.9 Å². The summed E-state index contributed by atoms with van der Waals surface area (Å²) in [6.45, 7) is 4.67. The number of nitrogens with one attached hydrogen (secondary N) is 1. The van der Waals surface area contributed by atoms with Gasteiger partial charge in [0.05, 0.1) is 18.1 Å². The van der Waals surface area contributed by atoms with Crippen LogP contribution >= 0.6 is 0 Å². The van der Waals surface area contributed by atoms with Gasteiger partial charge >= 0.3 is 0 Å². The minimum atomic E-state index is -3.67. The Morgan fingerprint density at radius 3 is 2.41 bits per heavy atom. The highest BCUT2D eigenvalue weighted by atomic mass is 32.2. The van der Waals surface area contributed by atoms with E-state index in [0.717, 1.165) is 6.07 Å². The molecule has 0 bridgehead atoms. The second-order valence-electron chi connectivity index (χ2n) is 6.41. The summed E-state index contributed by atoms with van der Waals surface area (Å²) in [6.07, 6.45) is 0. The van der Waals surface area contributed by atoms with E-state index in [1.807, 2.05) is 0 Å². The Labute approximate surface area is 158 Å². The number of morpholine rings is 1. The van der Waals surface area contributed by atoms with Gasteiger partial charge in [-0.25, -0.2) is 12.8 Å². The maximum atomic E-state index is 13.7. The van der Waals surface area contributed by atoms with Crippen molar-refractivity contribution in [2.24, 2.45) is 0 Å². The lowest BCUT2D eigenvalue weighted by Crippen LogP contribution is -2.40. The summed E-state index contributed by atoms with van der Waals surface area (Å²) in [4.78, 5) is 12.5. The average molecular weight is 392 g/mol. The van der Waals surface area contributed by atoms with Crippen LogP contribution in [0.15, 0.2) is 41.3 Å². The fourth-order valence-corrected chi connectivity index (χ4v) is 4.20. The summed E-state index contributed by atoms with van der Waals surface area (Å²) >= 11 is 0. The van der Waals surface area contributed by atoms with E-state index < -0.39 is 21.7 Å². The van der Waals surface area contributed by atoms with Crippen LogP contribution in [0.4, 0.5) is 10.1 Å². The molecule has 2 aromatic rings. The van der Waals surface area contributed by atoms with E-state index in [4.69, 9.17) is 4.74 Å². The molecule has 144 valence electrons. The molecule has 3 rings (SSSR count). The lowest BCUT2D eigenvalue weighted by Gasteiger charge is -2.26. The lowest BCUT2D eigenvalue weighted by molar-refractivity contribution is 0.0730. The Kier molecular flexibility index (Phi) is 5.59. The number of nitrogens with zero attached hydrogens (tertiary/aromatic N) is 1. The smallest absolute Gasteiger partial charge is 0.255 e. The third-order valence-corrected chi connectivity index (χ3v) is 6.39. The second-order valence-corrected chi connectivity index (χ2v) is 8.35. The number of hydrogen-bond acceptors (Lipinski definition) is 4. The number of benzene rings is 2. The minimum Gasteiger partial charge on any atom is -0.379 e. The first-order valence-corrected chi connectivity index (χ1v) is 9.99. The molecule has 1 fully saturated rings. The van der Waals surface area contributed by atoms with Crippen LogP contribution in [0.25, 0.3) is 0 Å². The van der Waals surface area contributed by atoms with Crippen molar-refractivity contribution in [3.8, 4) is 0 Å². The molecule has 1 aliphatic heterocycles. The molecule has 1 saturated heterocycles. The van der Waals surface area contributed by atoms with Gasteiger partial charge in [0.2, 0.25) is 10.0 Å². The maximum absolute atomic E-state index is 13.7. The standard InChI is InChI=1S/C19H21FN2O4S/c1-13-3-5-15(11-17(13)20)19(23)21-18-12-16(6-4-14(18)2)27(24,25)22-7-9-26-10-8-22/h3-6,11-12H,7-10H2,1-2H3,(H,21,23). The number of carbonyl (C=O) groups excluding carboxylic acids is 1. The van der Waals surface area contributed by atoms with Crippen LogP contribution in [0.1, 0.15) is 21.5 Å². The molecule has 1 aliphatic rings. The molecular formula is C19H21FN2O4S. The zero-order valence-corrected chi connectivity index (χ0v) is 16.0. The number of carbonyl (C=O) groups is 1. The number of hydrogen-bond donors (Lipinski definition) is 1. The topological polar surface area (TPSA) is 75.7 Å². The Morgan fingerprint density at radius 1 is 1.07 bits per heavy atom. The quantitative estimate of drug-likeness (QED) is 0.868. The number of halogens is 1. The van der Waals surface area contributed by atoms with E-state index in [1.165, 1.54) is 28.6 Å². The number of sulfonamides is 1. The largest absolute Gasteiger partial charge is 0.379 e. The second kappa shape index (κ2) is 7.75. The third kappa shape index (κ3) is 4.18. The fraction of sp³-hybridized carbons (Fsp3) is 0.316. The van der Waals surface area contributed by atoms with Gasteiger partial charge < -0.3 is 10.1 Å². The third-order valence-electron chi connectivity index (χ3n) is 4.50. The van der Waals surface area contributed by atoms with Crippen molar-refractivity contribution < 1.29 is 22.3 Å². The molecule has 0 saturated carbocycles. The highest BCUT2D eigenvalue weighted by Gasteiger charge is 2.27. The summed E-state index contributed by atoms with van der Waals surface area (Å²) < 4.78 is 45.9. The zero-order valence-electron chi connectivity index (χ0n) is 15.2. The van der Waals surface area contributed by atoms with Crippen LogP contribution < -0.4 is 5.32 Å². The van der Waals surface area contributed by atoms with E-state index in [9.17, 15) is 17.6 Å². The van der Waals surface area contributed by atoms with Crippen LogP contribution in [0.3, 0.4) is 0 Å². The number of amides is 1. The van der Waals surface area contributed by atoms with Gasteiger partial charge in [-0.05, 0) is 49.2 Å². The molecule has 0 unspecified atom stereocenters. The van der Waals surface area contributed by atoms with Crippen molar-refractivity contribution >= 4 is 21.6 Å². The summed E-state index contributed by atoms with van der Waals surface area (Å²) in [6, 6.07) is 8.80. The number of aryl methyl sites for hydroxylation is 2. The van der Waals surface area contributed by atoms with Crippen LogP contribution in [0.2, 0.25) is 0 Å². The summed E-state index contributed by atoms with van der Waals surface area (Å²) in [5.74, 6) is -0.971. The number of ether oxygens (including phenoxy) is 1. The van der Waals surface area contributed by atoms with Crippen molar-refractivity contribution in [1.29, 1.82) is 0 Å². The predicted molar refractivity (Wildman–Crippen MR) is 99.8 cm³/mol. The van der Waals surface area contributed by atoms with Crippen LogP contribution in [0, 0.1) is 19.7 Å². The van der Waals surface area contributed by atoms with Gasteiger partial charge in [-0.3, -0.25) is 4.79 Å². The fourth-order valence-electron chi connectivity index (χ4n) is 2.76. The first-order chi connectivity index (χ1) is 12.8. The summed E-state index contributed by atoms with van der Waals surface area (Å²) in [5.41, 5.74) is 1.69. The van der Waals surface area contributed by atoms with E-state index >= 15 is 0 Å². The molecule has 27 heavy (non-hydrogen) atoms. The van der Waals surface area contributed by atoms with E-state index in [2.05, 4.69) is 5.32 Å². The minimum absolute atomic E-state index is 0.0976. The molecular weight excluding hydrogens is 371 g/mol. The van der Waals surface area contributed by atoms with Crippen molar-refractivity contribution in [3.05, 3.63) is 58.9 Å². The van der Waals surface area contributed by atoms with Crippen molar-refractivity contribution in [1.82, 2.24) is 4.31 Å². The summed E-state index contributed by atoms with van der Waals surface area (Å²) in [7, 11) is -3.67.